The summed E-state index contributed by atoms with van der Waals surface area (Å²) in [5, 5.41) is 0.610. The molecule has 3 aromatic carbocycles. The molecule has 36 heavy (non-hydrogen) atoms. The second-order valence-corrected chi connectivity index (χ2v) is 9.50. The number of ketones is 1. The van der Waals surface area contributed by atoms with E-state index in [4.69, 9.17) is 14.5 Å². The summed E-state index contributed by atoms with van der Waals surface area (Å²) in [5.74, 6) is 1.13. The average Bonchev–Trinajstić information content (AvgIpc) is 3.29. The Morgan fingerprint density at radius 1 is 0.861 bits per heavy atom. The second kappa shape index (κ2) is 11.1. The minimum atomic E-state index is -0.165. The van der Waals surface area contributed by atoms with Crippen LogP contribution in [0, 0.1) is 0 Å². The third-order valence-electron chi connectivity index (χ3n) is 5.72. The number of ether oxygens (including phenoxy) is 2. The summed E-state index contributed by atoms with van der Waals surface area (Å²) < 4.78 is 12.3. The topological polar surface area (TPSA) is 72.0 Å². The number of likely N-dealkylation sites (N-methyl/N-ethyl adjacent to an activating group) is 1. The maximum atomic E-state index is 13.6. The van der Waals surface area contributed by atoms with Crippen molar-refractivity contribution in [1.29, 1.82) is 0 Å². The van der Waals surface area contributed by atoms with Crippen LogP contribution in [0.4, 0.5) is 5.13 Å². The van der Waals surface area contributed by atoms with Crippen molar-refractivity contribution in [1.82, 2.24) is 9.88 Å². The molecular weight excluding hydrogens is 498 g/mol. The Kier molecular flexibility index (Phi) is 7.88. The average molecular weight is 524 g/mol. The first kappa shape index (κ1) is 25.6. The summed E-state index contributed by atoms with van der Waals surface area (Å²) >= 11 is 1.44. The molecule has 7 nitrogen and oxygen atoms in total. The number of rotatable bonds is 7. The fourth-order valence-electron chi connectivity index (χ4n) is 3.83. The van der Waals surface area contributed by atoms with E-state index in [1.807, 2.05) is 49.3 Å². The molecule has 0 unspecified atom stereocenters. The fourth-order valence-corrected chi connectivity index (χ4v) is 4.83. The van der Waals surface area contributed by atoms with Gasteiger partial charge in [-0.2, -0.15) is 0 Å². The van der Waals surface area contributed by atoms with Gasteiger partial charge in [0.15, 0.2) is 22.4 Å². The summed E-state index contributed by atoms with van der Waals surface area (Å²) in [4.78, 5) is 34.8. The quantitative estimate of drug-likeness (QED) is 0.320. The van der Waals surface area contributed by atoms with Crippen molar-refractivity contribution in [3.8, 4) is 11.5 Å². The molecule has 0 fully saturated rings. The molecule has 1 amide bonds. The predicted octanol–water partition coefficient (Wildman–Crippen LogP) is 4.93. The zero-order valence-corrected chi connectivity index (χ0v) is 21.6. The summed E-state index contributed by atoms with van der Waals surface area (Å²) in [6, 6.07) is 19.7. The number of fused-ring (bicyclic) bond motifs is 2. The van der Waals surface area contributed by atoms with Gasteiger partial charge in [-0.25, -0.2) is 4.98 Å². The molecule has 0 saturated carbocycles. The van der Waals surface area contributed by atoms with Crippen LogP contribution in [0.2, 0.25) is 0 Å². The Morgan fingerprint density at radius 3 is 2.14 bits per heavy atom. The summed E-state index contributed by atoms with van der Waals surface area (Å²) in [6.45, 7) is 2.17. The molecule has 1 aromatic heterocycles. The number of hydrogen-bond donors (Lipinski definition) is 0. The lowest BCUT2D eigenvalue weighted by molar-refractivity contribution is 0.0982. The zero-order chi connectivity index (χ0) is 24.4. The number of anilines is 1. The molecule has 0 atom stereocenters. The smallest absolute Gasteiger partial charge is 0.260 e. The summed E-state index contributed by atoms with van der Waals surface area (Å²) in [6.07, 6.45) is 0. The van der Waals surface area contributed by atoms with E-state index in [0.717, 1.165) is 10.2 Å². The first-order valence-corrected chi connectivity index (χ1v) is 12.2. The molecule has 5 rings (SSSR count). The SMILES string of the molecule is CN(C)CCN(C(=O)c1ccc(C(=O)c2ccccc2)cc1)c1nc2cc3c(cc2s1)OCCO3.Cl. The number of hydrogen-bond acceptors (Lipinski definition) is 7. The maximum Gasteiger partial charge on any atom is 0.260 e. The van der Waals surface area contributed by atoms with Crippen LogP contribution >= 0.6 is 23.7 Å². The molecular formula is C27H26ClN3O4S. The molecule has 4 aromatic rings. The van der Waals surface area contributed by atoms with Crippen molar-refractivity contribution in [2.75, 3.05) is 45.3 Å². The van der Waals surface area contributed by atoms with Crippen molar-refractivity contribution in [3.05, 3.63) is 83.4 Å². The van der Waals surface area contributed by atoms with Crippen LogP contribution in [0.25, 0.3) is 10.2 Å². The molecule has 0 aliphatic carbocycles. The van der Waals surface area contributed by atoms with E-state index in [2.05, 4.69) is 0 Å². The number of nitrogens with zero attached hydrogens (tertiary/aromatic N) is 3. The summed E-state index contributed by atoms with van der Waals surface area (Å²) in [5.41, 5.74) is 2.42. The van der Waals surface area contributed by atoms with E-state index in [1.165, 1.54) is 11.3 Å². The molecule has 0 spiro atoms. The van der Waals surface area contributed by atoms with Crippen LogP contribution < -0.4 is 14.4 Å². The van der Waals surface area contributed by atoms with Gasteiger partial charge in [-0.3, -0.25) is 14.5 Å². The fraction of sp³-hybridized carbons (Fsp3) is 0.222. The number of carbonyl (C=O) groups is 2. The lowest BCUT2D eigenvalue weighted by Crippen LogP contribution is -2.36. The second-order valence-electron chi connectivity index (χ2n) is 8.49. The normalized spacial score (nSPS) is 12.3. The first-order chi connectivity index (χ1) is 17.0. The van der Waals surface area contributed by atoms with Gasteiger partial charge in [0.05, 0.1) is 10.2 Å². The van der Waals surface area contributed by atoms with Gasteiger partial charge in [0.25, 0.3) is 5.91 Å². The first-order valence-electron chi connectivity index (χ1n) is 11.4. The van der Waals surface area contributed by atoms with Crippen molar-refractivity contribution < 1.29 is 19.1 Å². The molecule has 1 aliphatic rings. The Bertz CT molecular complexity index is 1330. The van der Waals surface area contributed by atoms with E-state index < -0.39 is 0 Å². The van der Waals surface area contributed by atoms with Gasteiger partial charge >= 0.3 is 0 Å². The zero-order valence-electron chi connectivity index (χ0n) is 20.0. The largest absolute Gasteiger partial charge is 0.486 e. The van der Waals surface area contributed by atoms with Crippen molar-refractivity contribution >= 4 is 50.8 Å². The molecule has 186 valence electrons. The van der Waals surface area contributed by atoms with Gasteiger partial charge < -0.3 is 14.4 Å². The minimum absolute atomic E-state index is 0. The molecule has 0 radical (unpaired) electrons. The van der Waals surface area contributed by atoms with Crippen LogP contribution in [0.5, 0.6) is 11.5 Å². The molecule has 0 saturated heterocycles. The van der Waals surface area contributed by atoms with Gasteiger partial charge in [0.2, 0.25) is 0 Å². The van der Waals surface area contributed by atoms with Crippen molar-refractivity contribution in [2.45, 2.75) is 0 Å². The molecule has 2 heterocycles. The van der Waals surface area contributed by atoms with Gasteiger partial charge in [0, 0.05) is 41.9 Å². The van der Waals surface area contributed by atoms with Gasteiger partial charge in [0.1, 0.15) is 13.2 Å². The number of carbonyl (C=O) groups excluding carboxylic acids is 2. The Morgan fingerprint density at radius 2 is 1.47 bits per heavy atom. The van der Waals surface area contributed by atoms with Gasteiger partial charge in [-0.15, -0.1) is 12.4 Å². The maximum absolute atomic E-state index is 13.6. The van der Waals surface area contributed by atoms with Crippen LogP contribution in [0.1, 0.15) is 26.3 Å². The standard InChI is InChI=1S/C27H25N3O4S.ClH/c1-29(2)12-13-30(27-28-21-16-22-23(17-24(21)35-27)34-15-14-33-22)26(32)20-10-8-19(9-11-20)25(31)18-6-4-3-5-7-18;/h3-11,16-17H,12-15H2,1-2H3;1H. The number of halogens is 1. The highest BCUT2D eigenvalue weighted by Crippen LogP contribution is 2.39. The van der Waals surface area contributed by atoms with Crippen LogP contribution in [0.3, 0.4) is 0 Å². The molecule has 0 N–H and O–H groups in total. The highest BCUT2D eigenvalue weighted by atomic mass is 35.5. The Balaban J connectivity index is 0.00000304. The monoisotopic (exact) mass is 523 g/mol. The number of amides is 1. The number of thiazole rings is 1. The highest BCUT2D eigenvalue weighted by molar-refractivity contribution is 7.22. The van der Waals surface area contributed by atoms with E-state index in [0.29, 0.717) is 59.6 Å². The van der Waals surface area contributed by atoms with Crippen LogP contribution in [0.15, 0.2) is 66.7 Å². The molecule has 9 heteroatoms. The lowest BCUT2D eigenvalue weighted by Gasteiger charge is -2.22. The van der Waals surface area contributed by atoms with Crippen LogP contribution in [-0.4, -0.2) is 62.0 Å². The number of aromatic nitrogens is 1. The third kappa shape index (κ3) is 5.36. The molecule has 0 bridgehead atoms. The van der Waals surface area contributed by atoms with Gasteiger partial charge in [-0.1, -0.05) is 53.8 Å². The van der Waals surface area contributed by atoms with E-state index in [9.17, 15) is 9.59 Å². The lowest BCUT2D eigenvalue weighted by atomic mass is 10.0. The van der Waals surface area contributed by atoms with E-state index in [-0.39, 0.29) is 24.1 Å². The van der Waals surface area contributed by atoms with Gasteiger partial charge in [-0.05, 0) is 26.2 Å². The predicted molar refractivity (Wildman–Crippen MR) is 144 cm³/mol. The van der Waals surface area contributed by atoms with Crippen molar-refractivity contribution in [2.24, 2.45) is 0 Å². The van der Waals surface area contributed by atoms with Crippen molar-refractivity contribution in [3.63, 3.8) is 0 Å². The molecule has 1 aliphatic heterocycles. The number of benzene rings is 3. The Hall–Kier alpha value is -3.46. The summed E-state index contributed by atoms with van der Waals surface area (Å²) in [7, 11) is 3.93. The highest BCUT2D eigenvalue weighted by Gasteiger charge is 2.23. The van der Waals surface area contributed by atoms with Crippen LogP contribution in [-0.2, 0) is 0 Å². The minimum Gasteiger partial charge on any atom is -0.486 e. The van der Waals surface area contributed by atoms with E-state index in [1.54, 1.807) is 41.3 Å². The third-order valence-corrected chi connectivity index (χ3v) is 6.76. The van der Waals surface area contributed by atoms with E-state index >= 15 is 0 Å². The Labute approximate surface area is 219 Å².